The number of halogens is 2. The highest BCUT2D eigenvalue weighted by Gasteiger charge is 2.09. The average molecular weight is 271 g/mol. The minimum absolute atomic E-state index is 0.0892. The van der Waals surface area contributed by atoms with Crippen LogP contribution in [0.3, 0.4) is 0 Å². The molecule has 0 atom stereocenters. The van der Waals surface area contributed by atoms with Gasteiger partial charge in [-0.25, -0.2) is 8.78 Å². The number of rotatable bonds is 6. The Labute approximate surface area is 109 Å². The second kappa shape index (κ2) is 7.45. The number of carbonyl (C=O) groups excluding carboxylic acids is 2. The SMILES string of the molecule is CCOC(=O)CCCNC(=O)c1cc(F)cc(F)c1. The first-order valence-corrected chi connectivity index (χ1v) is 5.93. The van der Waals surface area contributed by atoms with E-state index in [9.17, 15) is 18.4 Å². The van der Waals surface area contributed by atoms with Gasteiger partial charge in [-0.2, -0.15) is 0 Å². The number of hydrogen-bond donors (Lipinski definition) is 1. The van der Waals surface area contributed by atoms with Crippen molar-refractivity contribution < 1.29 is 23.1 Å². The van der Waals surface area contributed by atoms with Crippen LogP contribution in [0.4, 0.5) is 8.78 Å². The first kappa shape index (κ1) is 15.1. The van der Waals surface area contributed by atoms with Crippen LogP contribution in [0.25, 0.3) is 0 Å². The highest BCUT2D eigenvalue weighted by molar-refractivity contribution is 5.94. The van der Waals surface area contributed by atoms with E-state index in [1.54, 1.807) is 6.92 Å². The van der Waals surface area contributed by atoms with Gasteiger partial charge in [0.15, 0.2) is 0 Å². The first-order chi connectivity index (χ1) is 9.02. The van der Waals surface area contributed by atoms with Crippen molar-refractivity contribution >= 4 is 11.9 Å². The fraction of sp³-hybridized carbons (Fsp3) is 0.385. The number of esters is 1. The summed E-state index contributed by atoms with van der Waals surface area (Å²) in [5, 5.41) is 2.47. The Balaban J connectivity index is 2.37. The molecule has 0 saturated heterocycles. The zero-order chi connectivity index (χ0) is 14.3. The summed E-state index contributed by atoms with van der Waals surface area (Å²) in [5.74, 6) is -2.54. The maximum atomic E-state index is 12.9. The molecular weight excluding hydrogens is 256 g/mol. The topological polar surface area (TPSA) is 55.4 Å². The van der Waals surface area contributed by atoms with Gasteiger partial charge in [0.25, 0.3) is 5.91 Å². The molecule has 0 fully saturated rings. The third kappa shape index (κ3) is 5.46. The second-order valence-corrected chi connectivity index (χ2v) is 3.82. The summed E-state index contributed by atoms with van der Waals surface area (Å²) in [4.78, 5) is 22.6. The van der Waals surface area contributed by atoms with Crippen molar-refractivity contribution in [1.29, 1.82) is 0 Å². The van der Waals surface area contributed by atoms with Crippen LogP contribution in [0.2, 0.25) is 0 Å². The summed E-state index contributed by atoms with van der Waals surface area (Å²) in [6, 6.07) is 2.59. The van der Waals surface area contributed by atoms with Crippen molar-refractivity contribution in [3.8, 4) is 0 Å². The molecule has 0 unspecified atom stereocenters. The molecule has 1 aromatic rings. The van der Waals surface area contributed by atoms with Gasteiger partial charge in [0.05, 0.1) is 6.61 Å². The summed E-state index contributed by atoms with van der Waals surface area (Å²) in [7, 11) is 0. The summed E-state index contributed by atoms with van der Waals surface area (Å²) >= 11 is 0. The van der Waals surface area contributed by atoms with Crippen LogP contribution in [0.15, 0.2) is 18.2 Å². The maximum Gasteiger partial charge on any atom is 0.305 e. The van der Waals surface area contributed by atoms with E-state index in [-0.39, 0.29) is 24.5 Å². The van der Waals surface area contributed by atoms with Crippen molar-refractivity contribution in [2.24, 2.45) is 0 Å². The summed E-state index contributed by atoms with van der Waals surface area (Å²) in [6.07, 6.45) is 0.591. The van der Waals surface area contributed by atoms with Gasteiger partial charge < -0.3 is 10.1 Å². The van der Waals surface area contributed by atoms with Gasteiger partial charge in [0.2, 0.25) is 0 Å². The van der Waals surface area contributed by atoms with E-state index in [0.717, 1.165) is 12.1 Å². The molecule has 0 radical (unpaired) electrons. The summed E-state index contributed by atoms with van der Waals surface area (Å²) in [6.45, 7) is 2.25. The number of carbonyl (C=O) groups is 2. The molecule has 0 spiro atoms. The lowest BCUT2D eigenvalue weighted by Gasteiger charge is -2.05. The molecule has 1 rings (SSSR count). The molecule has 0 bridgehead atoms. The van der Waals surface area contributed by atoms with Gasteiger partial charge in [0.1, 0.15) is 11.6 Å². The molecule has 4 nitrogen and oxygen atoms in total. The standard InChI is InChI=1S/C13H15F2NO3/c1-2-19-12(17)4-3-5-16-13(18)9-6-10(14)8-11(15)7-9/h6-8H,2-5H2,1H3,(H,16,18). The molecule has 0 aliphatic carbocycles. The molecule has 0 aliphatic rings. The van der Waals surface area contributed by atoms with E-state index in [1.165, 1.54) is 0 Å². The highest BCUT2D eigenvalue weighted by Crippen LogP contribution is 2.07. The van der Waals surface area contributed by atoms with Gasteiger partial charge in [0, 0.05) is 24.6 Å². The van der Waals surface area contributed by atoms with E-state index < -0.39 is 17.5 Å². The van der Waals surface area contributed by atoms with E-state index >= 15 is 0 Å². The molecule has 1 amide bonds. The van der Waals surface area contributed by atoms with Crippen LogP contribution in [0.5, 0.6) is 0 Å². The number of amides is 1. The van der Waals surface area contributed by atoms with Crippen LogP contribution < -0.4 is 5.32 Å². The molecule has 19 heavy (non-hydrogen) atoms. The Hall–Kier alpha value is -1.98. The van der Waals surface area contributed by atoms with Gasteiger partial charge >= 0.3 is 5.97 Å². The van der Waals surface area contributed by atoms with Crippen LogP contribution in [0, 0.1) is 11.6 Å². The predicted octanol–water partition coefficient (Wildman–Crippen LogP) is 2.04. The van der Waals surface area contributed by atoms with Crippen molar-refractivity contribution in [3.05, 3.63) is 35.4 Å². The Kier molecular flexibility index (Phi) is 5.92. The number of ether oxygens (including phenoxy) is 1. The minimum atomic E-state index is -0.809. The van der Waals surface area contributed by atoms with E-state index in [0.29, 0.717) is 19.1 Å². The molecule has 0 saturated carbocycles. The quantitative estimate of drug-likeness (QED) is 0.636. The number of nitrogens with one attached hydrogen (secondary N) is 1. The molecule has 104 valence electrons. The fourth-order valence-corrected chi connectivity index (χ4v) is 1.45. The molecule has 0 aromatic heterocycles. The average Bonchev–Trinajstić information content (AvgIpc) is 2.33. The molecule has 0 heterocycles. The van der Waals surface area contributed by atoms with E-state index in [1.807, 2.05) is 0 Å². The van der Waals surface area contributed by atoms with E-state index in [2.05, 4.69) is 5.32 Å². The second-order valence-electron chi connectivity index (χ2n) is 3.82. The lowest BCUT2D eigenvalue weighted by atomic mass is 10.2. The normalized spacial score (nSPS) is 10.1. The summed E-state index contributed by atoms with van der Waals surface area (Å²) < 4.78 is 30.5. The third-order valence-corrected chi connectivity index (χ3v) is 2.27. The first-order valence-electron chi connectivity index (χ1n) is 5.93. The molecule has 6 heteroatoms. The smallest absolute Gasteiger partial charge is 0.305 e. The maximum absolute atomic E-state index is 12.9. The lowest BCUT2D eigenvalue weighted by Crippen LogP contribution is -2.25. The predicted molar refractivity (Wildman–Crippen MR) is 64.6 cm³/mol. The van der Waals surface area contributed by atoms with Gasteiger partial charge in [-0.3, -0.25) is 9.59 Å². The number of hydrogen-bond acceptors (Lipinski definition) is 3. The Morgan fingerprint density at radius 1 is 1.21 bits per heavy atom. The van der Waals surface area contributed by atoms with Crippen LogP contribution in [0.1, 0.15) is 30.1 Å². The number of benzene rings is 1. The zero-order valence-electron chi connectivity index (χ0n) is 10.5. The zero-order valence-corrected chi connectivity index (χ0v) is 10.5. The lowest BCUT2D eigenvalue weighted by molar-refractivity contribution is -0.143. The monoisotopic (exact) mass is 271 g/mol. The van der Waals surface area contributed by atoms with Gasteiger partial charge in [-0.1, -0.05) is 0 Å². The van der Waals surface area contributed by atoms with Crippen LogP contribution in [-0.4, -0.2) is 25.0 Å². The van der Waals surface area contributed by atoms with E-state index in [4.69, 9.17) is 4.74 Å². The van der Waals surface area contributed by atoms with Crippen LogP contribution >= 0.6 is 0 Å². The van der Waals surface area contributed by atoms with Gasteiger partial charge in [-0.15, -0.1) is 0 Å². The van der Waals surface area contributed by atoms with Gasteiger partial charge in [-0.05, 0) is 25.5 Å². The van der Waals surface area contributed by atoms with Crippen molar-refractivity contribution in [2.75, 3.05) is 13.2 Å². The Morgan fingerprint density at radius 3 is 2.42 bits per heavy atom. The molecule has 0 aliphatic heterocycles. The van der Waals surface area contributed by atoms with Crippen molar-refractivity contribution in [2.45, 2.75) is 19.8 Å². The van der Waals surface area contributed by atoms with Crippen LogP contribution in [-0.2, 0) is 9.53 Å². The Bertz CT molecular complexity index is 443. The Morgan fingerprint density at radius 2 is 1.84 bits per heavy atom. The molecule has 1 aromatic carbocycles. The minimum Gasteiger partial charge on any atom is -0.466 e. The third-order valence-electron chi connectivity index (χ3n) is 2.27. The largest absolute Gasteiger partial charge is 0.466 e. The molecule has 1 N–H and O–H groups in total. The fourth-order valence-electron chi connectivity index (χ4n) is 1.45. The highest BCUT2D eigenvalue weighted by atomic mass is 19.1. The molecular formula is C13H15F2NO3. The summed E-state index contributed by atoms with van der Waals surface area (Å²) in [5.41, 5.74) is -0.0892. The van der Waals surface area contributed by atoms with Crippen molar-refractivity contribution in [3.63, 3.8) is 0 Å². The van der Waals surface area contributed by atoms with Crippen molar-refractivity contribution in [1.82, 2.24) is 5.32 Å².